The Kier molecular flexibility index (Phi) is 5.44. The van der Waals surface area contributed by atoms with Crippen molar-refractivity contribution in [1.82, 2.24) is 14.9 Å². The van der Waals surface area contributed by atoms with Crippen LogP contribution in [0.15, 0.2) is 46.2 Å². The van der Waals surface area contributed by atoms with Crippen molar-refractivity contribution in [2.75, 3.05) is 45.7 Å². The van der Waals surface area contributed by atoms with Crippen molar-refractivity contribution < 1.29 is 17.9 Å². The SMILES string of the molecule is CS(=O)(=O)c1cc2cc(-c3ccccc3OCCN3CCOCC3)[nH]c2c(=O)[nH]1. The molecule has 0 aliphatic carbocycles. The van der Waals surface area contributed by atoms with E-state index in [0.717, 1.165) is 44.7 Å². The molecular weight excluding hydrogens is 394 g/mol. The number of rotatable bonds is 6. The van der Waals surface area contributed by atoms with Crippen LogP contribution in [0.1, 0.15) is 0 Å². The van der Waals surface area contributed by atoms with Crippen LogP contribution >= 0.6 is 0 Å². The number of sulfone groups is 1. The molecule has 1 aliphatic heterocycles. The van der Waals surface area contributed by atoms with Gasteiger partial charge in [0.05, 0.1) is 18.9 Å². The highest BCUT2D eigenvalue weighted by Gasteiger charge is 2.16. The van der Waals surface area contributed by atoms with Crippen molar-refractivity contribution in [3.63, 3.8) is 0 Å². The van der Waals surface area contributed by atoms with Crippen molar-refractivity contribution >= 4 is 20.7 Å². The van der Waals surface area contributed by atoms with E-state index in [0.29, 0.717) is 29.0 Å². The zero-order valence-corrected chi connectivity index (χ0v) is 16.9. The molecule has 0 amide bonds. The van der Waals surface area contributed by atoms with E-state index in [1.54, 1.807) is 6.07 Å². The standard InChI is InChI=1S/C20H23N3O5S/c1-29(25,26)18-13-14-12-16(21-19(14)20(24)22-18)15-4-2-3-5-17(15)28-11-8-23-6-9-27-10-7-23/h2-5,12-13,21H,6-11H2,1H3,(H,22,24). The largest absolute Gasteiger partial charge is 0.492 e. The van der Waals surface area contributed by atoms with Crippen LogP contribution in [0.3, 0.4) is 0 Å². The van der Waals surface area contributed by atoms with Crippen LogP contribution < -0.4 is 10.3 Å². The van der Waals surface area contributed by atoms with E-state index in [9.17, 15) is 13.2 Å². The normalized spacial score (nSPS) is 15.6. The first-order valence-corrected chi connectivity index (χ1v) is 11.3. The van der Waals surface area contributed by atoms with E-state index in [2.05, 4.69) is 14.9 Å². The number of H-pyrrole nitrogens is 2. The Morgan fingerprint density at radius 1 is 1.14 bits per heavy atom. The molecule has 0 bridgehead atoms. The molecule has 154 valence electrons. The van der Waals surface area contributed by atoms with Crippen molar-refractivity contribution in [1.29, 1.82) is 0 Å². The van der Waals surface area contributed by atoms with E-state index in [4.69, 9.17) is 9.47 Å². The molecule has 8 nitrogen and oxygen atoms in total. The fourth-order valence-electron chi connectivity index (χ4n) is 3.39. The summed E-state index contributed by atoms with van der Waals surface area (Å²) >= 11 is 0. The minimum absolute atomic E-state index is 0.101. The number of morpholine rings is 1. The lowest BCUT2D eigenvalue weighted by Crippen LogP contribution is -2.38. The minimum Gasteiger partial charge on any atom is -0.492 e. The average Bonchev–Trinajstić information content (AvgIpc) is 3.13. The molecule has 1 aromatic carbocycles. The van der Waals surface area contributed by atoms with Gasteiger partial charge in [-0.2, -0.15) is 0 Å². The number of nitrogens with zero attached hydrogens (tertiary/aromatic N) is 1. The van der Waals surface area contributed by atoms with Gasteiger partial charge in [0.2, 0.25) is 0 Å². The van der Waals surface area contributed by atoms with Gasteiger partial charge in [0.15, 0.2) is 9.84 Å². The highest BCUT2D eigenvalue weighted by molar-refractivity contribution is 7.90. The number of benzene rings is 1. The van der Waals surface area contributed by atoms with Crippen LogP contribution in [-0.2, 0) is 14.6 Å². The first-order valence-electron chi connectivity index (χ1n) is 9.40. The molecule has 2 N–H and O–H groups in total. The van der Waals surface area contributed by atoms with Gasteiger partial charge in [-0.15, -0.1) is 0 Å². The Bertz CT molecular complexity index is 1180. The number of aromatic nitrogens is 2. The molecule has 3 heterocycles. The Hall–Kier alpha value is -2.62. The Balaban J connectivity index is 1.60. The number of hydrogen-bond acceptors (Lipinski definition) is 6. The van der Waals surface area contributed by atoms with Crippen LogP contribution in [0.2, 0.25) is 0 Å². The molecule has 0 unspecified atom stereocenters. The summed E-state index contributed by atoms with van der Waals surface area (Å²) in [6.07, 6.45) is 1.06. The summed E-state index contributed by atoms with van der Waals surface area (Å²) in [5.74, 6) is 0.701. The van der Waals surface area contributed by atoms with Gasteiger partial charge in [-0.05, 0) is 24.3 Å². The maximum Gasteiger partial charge on any atom is 0.273 e. The molecule has 3 aromatic rings. The molecule has 1 fully saturated rings. The smallest absolute Gasteiger partial charge is 0.273 e. The molecule has 0 saturated carbocycles. The topological polar surface area (TPSA) is 104 Å². The van der Waals surface area contributed by atoms with Gasteiger partial charge in [0.1, 0.15) is 22.9 Å². The van der Waals surface area contributed by atoms with Crippen LogP contribution in [-0.4, -0.2) is 69.0 Å². The van der Waals surface area contributed by atoms with Gasteiger partial charge in [-0.1, -0.05) is 12.1 Å². The van der Waals surface area contributed by atoms with Gasteiger partial charge in [0, 0.05) is 36.8 Å². The van der Waals surface area contributed by atoms with E-state index in [-0.39, 0.29) is 5.03 Å². The number of para-hydroxylation sites is 1. The molecule has 0 radical (unpaired) electrons. The minimum atomic E-state index is -3.51. The number of pyridine rings is 1. The van der Waals surface area contributed by atoms with Crippen molar-refractivity contribution in [3.8, 4) is 17.0 Å². The maximum atomic E-state index is 12.3. The Labute approximate surface area is 168 Å². The molecule has 0 atom stereocenters. The zero-order chi connectivity index (χ0) is 20.4. The summed E-state index contributed by atoms with van der Waals surface area (Å²) in [6, 6.07) is 10.8. The van der Waals surface area contributed by atoms with Gasteiger partial charge in [-0.3, -0.25) is 9.69 Å². The predicted octanol–water partition coefficient (Wildman–Crippen LogP) is 1.64. The molecule has 4 rings (SSSR count). The van der Waals surface area contributed by atoms with Crippen molar-refractivity contribution in [3.05, 3.63) is 46.8 Å². The second-order valence-electron chi connectivity index (χ2n) is 7.05. The second-order valence-corrected chi connectivity index (χ2v) is 9.03. The third-order valence-electron chi connectivity index (χ3n) is 4.94. The summed E-state index contributed by atoms with van der Waals surface area (Å²) < 4.78 is 35.0. The molecule has 9 heteroatoms. The van der Waals surface area contributed by atoms with E-state index < -0.39 is 15.4 Å². The lowest BCUT2D eigenvalue weighted by atomic mass is 10.1. The first kappa shape index (κ1) is 19.7. The monoisotopic (exact) mass is 417 g/mol. The third-order valence-corrected chi connectivity index (χ3v) is 5.96. The highest BCUT2D eigenvalue weighted by atomic mass is 32.2. The zero-order valence-electron chi connectivity index (χ0n) is 16.1. The lowest BCUT2D eigenvalue weighted by molar-refractivity contribution is 0.0323. The fourth-order valence-corrected chi connectivity index (χ4v) is 4.01. The number of ether oxygens (including phenoxy) is 2. The van der Waals surface area contributed by atoms with E-state index >= 15 is 0 Å². The van der Waals surface area contributed by atoms with Crippen molar-refractivity contribution in [2.45, 2.75) is 5.03 Å². The Morgan fingerprint density at radius 2 is 1.90 bits per heavy atom. The van der Waals surface area contributed by atoms with Gasteiger partial charge >= 0.3 is 0 Å². The molecule has 29 heavy (non-hydrogen) atoms. The summed E-state index contributed by atoms with van der Waals surface area (Å²) in [6.45, 7) is 4.64. The maximum absolute atomic E-state index is 12.3. The van der Waals surface area contributed by atoms with Gasteiger partial charge in [0.25, 0.3) is 5.56 Å². The molecule has 1 saturated heterocycles. The lowest BCUT2D eigenvalue weighted by Gasteiger charge is -2.26. The molecule has 1 aliphatic rings. The molecule has 0 spiro atoms. The predicted molar refractivity (Wildman–Crippen MR) is 110 cm³/mol. The number of aromatic amines is 2. The van der Waals surface area contributed by atoms with E-state index in [1.165, 1.54) is 6.07 Å². The van der Waals surface area contributed by atoms with Gasteiger partial charge < -0.3 is 19.4 Å². The average molecular weight is 417 g/mol. The van der Waals surface area contributed by atoms with Crippen LogP contribution in [0.5, 0.6) is 5.75 Å². The quantitative estimate of drug-likeness (QED) is 0.632. The summed E-state index contributed by atoms with van der Waals surface area (Å²) in [5.41, 5.74) is 1.36. The third kappa shape index (κ3) is 4.36. The van der Waals surface area contributed by atoms with E-state index in [1.807, 2.05) is 24.3 Å². The van der Waals surface area contributed by atoms with Gasteiger partial charge in [-0.25, -0.2) is 8.42 Å². The number of fused-ring (bicyclic) bond motifs is 1. The fraction of sp³-hybridized carbons (Fsp3) is 0.350. The van der Waals surface area contributed by atoms with Crippen LogP contribution in [0.25, 0.3) is 22.2 Å². The highest BCUT2D eigenvalue weighted by Crippen LogP contribution is 2.31. The first-order chi connectivity index (χ1) is 13.9. The number of nitrogens with one attached hydrogen (secondary N) is 2. The second kappa shape index (κ2) is 8.02. The van der Waals surface area contributed by atoms with Crippen molar-refractivity contribution in [2.24, 2.45) is 0 Å². The molecule has 2 aromatic heterocycles. The van der Waals surface area contributed by atoms with Crippen LogP contribution in [0.4, 0.5) is 0 Å². The molecular formula is C20H23N3O5S. The number of hydrogen-bond donors (Lipinski definition) is 2. The summed E-state index contributed by atoms with van der Waals surface area (Å²) in [4.78, 5) is 20.1. The Morgan fingerprint density at radius 3 is 2.66 bits per heavy atom. The summed E-state index contributed by atoms with van der Waals surface area (Å²) in [5, 5.41) is 0.433. The van der Waals surface area contributed by atoms with Crippen LogP contribution in [0, 0.1) is 0 Å². The summed E-state index contributed by atoms with van der Waals surface area (Å²) in [7, 11) is -3.51.